The maximum absolute atomic E-state index is 12.7. The molecular formula is C18H15N3O2S. The van der Waals surface area contributed by atoms with Gasteiger partial charge < -0.3 is 9.32 Å². The van der Waals surface area contributed by atoms with E-state index in [4.69, 9.17) is 9.68 Å². The highest BCUT2D eigenvalue weighted by atomic mass is 32.1. The normalized spacial score (nSPS) is 10.4. The van der Waals surface area contributed by atoms with Crippen molar-refractivity contribution in [1.29, 1.82) is 5.26 Å². The van der Waals surface area contributed by atoms with Crippen LogP contribution >= 0.6 is 11.3 Å². The van der Waals surface area contributed by atoms with Crippen LogP contribution in [0.4, 0.5) is 0 Å². The Morgan fingerprint density at radius 2 is 2.08 bits per heavy atom. The molecule has 2 heterocycles. The first-order valence-electron chi connectivity index (χ1n) is 7.34. The number of amides is 1. The van der Waals surface area contributed by atoms with Gasteiger partial charge in [-0.2, -0.15) is 5.26 Å². The number of hydrogen-bond acceptors (Lipinski definition) is 5. The van der Waals surface area contributed by atoms with Crippen molar-refractivity contribution in [1.82, 2.24) is 9.88 Å². The SMILES string of the molecule is Cc1sc(-c2ccco2)nc1C(=O)N(C)Cc1ccc(C#N)cc1. The van der Waals surface area contributed by atoms with Gasteiger partial charge in [-0.25, -0.2) is 4.98 Å². The van der Waals surface area contributed by atoms with Gasteiger partial charge in [0, 0.05) is 18.5 Å². The number of nitriles is 1. The summed E-state index contributed by atoms with van der Waals surface area (Å²) in [7, 11) is 1.74. The van der Waals surface area contributed by atoms with Crippen LogP contribution in [0, 0.1) is 18.3 Å². The second-order valence-corrected chi connectivity index (χ2v) is 6.57. The standard InChI is InChI=1S/C18H15N3O2S/c1-12-16(20-17(24-12)15-4-3-9-23-15)18(22)21(2)11-14-7-5-13(10-19)6-8-14/h3-9H,11H2,1-2H3. The maximum atomic E-state index is 12.7. The highest BCUT2D eigenvalue weighted by Gasteiger charge is 2.20. The Balaban J connectivity index is 1.77. The predicted molar refractivity (Wildman–Crippen MR) is 91.5 cm³/mol. The Labute approximate surface area is 143 Å². The summed E-state index contributed by atoms with van der Waals surface area (Å²) in [5.74, 6) is 0.530. The number of nitrogens with zero attached hydrogens (tertiary/aromatic N) is 3. The topological polar surface area (TPSA) is 70.1 Å². The van der Waals surface area contributed by atoms with Crippen molar-refractivity contribution in [3.8, 4) is 16.8 Å². The van der Waals surface area contributed by atoms with Gasteiger partial charge in [-0.15, -0.1) is 11.3 Å². The van der Waals surface area contributed by atoms with Crippen LogP contribution in [0.1, 0.15) is 26.5 Å². The van der Waals surface area contributed by atoms with Crippen LogP contribution in [0.5, 0.6) is 0 Å². The Kier molecular flexibility index (Phi) is 4.45. The van der Waals surface area contributed by atoms with E-state index in [1.165, 1.54) is 11.3 Å². The van der Waals surface area contributed by atoms with Gasteiger partial charge in [-0.1, -0.05) is 12.1 Å². The molecule has 120 valence electrons. The summed E-state index contributed by atoms with van der Waals surface area (Å²) < 4.78 is 5.34. The number of aromatic nitrogens is 1. The molecule has 3 rings (SSSR count). The van der Waals surface area contributed by atoms with Crippen molar-refractivity contribution < 1.29 is 9.21 Å². The van der Waals surface area contributed by atoms with Crippen LogP contribution in [0.2, 0.25) is 0 Å². The summed E-state index contributed by atoms with van der Waals surface area (Å²) in [5, 5.41) is 9.53. The summed E-state index contributed by atoms with van der Waals surface area (Å²) in [5.41, 5.74) is 2.01. The quantitative estimate of drug-likeness (QED) is 0.725. The lowest BCUT2D eigenvalue weighted by Crippen LogP contribution is -2.27. The second kappa shape index (κ2) is 6.69. The van der Waals surface area contributed by atoms with Gasteiger partial charge in [0.05, 0.1) is 17.9 Å². The Hall–Kier alpha value is -2.91. The molecular weight excluding hydrogens is 322 g/mol. The summed E-state index contributed by atoms with van der Waals surface area (Å²) in [4.78, 5) is 19.6. The third-order valence-corrected chi connectivity index (χ3v) is 4.57. The lowest BCUT2D eigenvalue weighted by Gasteiger charge is -2.16. The van der Waals surface area contributed by atoms with Gasteiger partial charge in [-0.3, -0.25) is 4.79 Å². The highest BCUT2D eigenvalue weighted by Crippen LogP contribution is 2.28. The molecule has 1 amide bonds. The van der Waals surface area contributed by atoms with E-state index in [1.807, 2.05) is 25.1 Å². The number of furan rings is 1. The molecule has 0 unspecified atom stereocenters. The van der Waals surface area contributed by atoms with Crippen LogP contribution < -0.4 is 0 Å². The van der Waals surface area contributed by atoms with Crippen molar-refractivity contribution in [3.05, 3.63) is 64.4 Å². The molecule has 0 saturated carbocycles. The van der Waals surface area contributed by atoms with Crippen LogP contribution in [0.3, 0.4) is 0 Å². The minimum absolute atomic E-state index is 0.133. The molecule has 24 heavy (non-hydrogen) atoms. The van der Waals surface area contributed by atoms with Gasteiger partial charge in [0.25, 0.3) is 5.91 Å². The number of hydrogen-bond donors (Lipinski definition) is 0. The third-order valence-electron chi connectivity index (χ3n) is 3.58. The van der Waals surface area contributed by atoms with E-state index in [2.05, 4.69) is 11.1 Å². The molecule has 0 spiro atoms. The number of rotatable bonds is 4. The van der Waals surface area contributed by atoms with Gasteiger partial charge in [0.1, 0.15) is 5.69 Å². The molecule has 0 atom stereocenters. The van der Waals surface area contributed by atoms with E-state index in [1.54, 1.807) is 36.4 Å². The molecule has 0 radical (unpaired) electrons. The average molecular weight is 337 g/mol. The summed E-state index contributed by atoms with van der Waals surface area (Å²) >= 11 is 1.44. The van der Waals surface area contributed by atoms with E-state index in [0.29, 0.717) is 28.6 Å². The Bertz CT molecular complexity index is 889. The monoisotopic (exact) mass is 337 g/mol. The minimum atomic E-state index is -0.133. The number of benzene rings is 1. The zero-order chi connectivity index (χ0) is 17.1. The molecule has 0 aliphatic carbocycles. The van der Waals surface area contributed by atoms with Crippen LogP contribution in [0.25, 0.3) is 10.8 Å². The van der Waals surface area contributed by atoms with E-state index in [0.717, 1.165) is 10.4 Å². The summed E-state index contributed by atoms with van der Waals surface area (Å²) in [6.45, 7) is 2.34. The van der Waals surface area contributed by atoms with Crippen molar-refractivity contribution in [2.75, 3.05) is 7.05 Å². The lowest BCUT2D eigenvalue weighted by atomic mass is 10.1. The average Bonchev–Trinajstić information content (AvgIpc) is 3.24. The predicted octanol–water partition coefficient (Wildman–Crippen LogP) is 3.86. The smallest absolute Gasteiger partial charge is 0.273 e. The molecule has 0 saturated heterocycles. The zero-order valence-electron chi connectivity index (χ0n) is 13.3. The van der Waals surface area contributed by atoms with Gasteiger partial charge in [-0.05, 0) is 36.8 Å². The first-order chi connectivity index (χ1) is 11.6. The molecule has 0 fully saturated rings. The molecule has 3 aromatic rings. The molecule has 6 heteroatoms. The third kappa shape index (κ3) is 3.21. The highest BCUT2D eigenvalue weighted by molar-refractivity contribution is 7.15. The van der Waals surface area contributed by atoms with Crippen LogP contribution in [0.15, 0.2) is 47.1 Å². The number of thiazole rings is 1. The van der Waals surface area contributed by atoms with Crippen molar-refractivity contribution in [2.45, 2.75) is 13.5 Å². The Morgan fingerprint density at radius 3 is 2.71 bits per heavy atom. The van der Waals surface area contributed by atoms with Gasteiger partial charge in [0.2, 0.25) is 0 Å². The molecule has 5 nitrogen and oxygen atoms in total. The molecule has 0 bridgehead atoms. The van der Waals surface area contributed by atoms with Gasteiger partial charge >= 0.3 is 0 Å². The number of carbonyl (C=O) groups excluding carboxylic acids is 1. The maximum Gasteiger partial charge on any atom is 0.273 e. The number of aryl methyl sites for hydroxylation is 1. The van der Waals surface area contributed by atoms with Crippen molar-refractivity contribution in [3.63, 3.8) is 0 Å². The zero-order valence-corrected chi connectivity index (χ0v) is 14.1. The molecule has 0 aliphatic rings. The lowest BCUT2D eigenvalue weighted by molar-refractivity contribution is 0.0779. The fraction of sp³-hybridized carbons (Fsp3) is 0.167. The fourth-order valence-corrected chi connectivity index (χ4v) is 3.18. The van der Waals surface area contributed by atoms with E-state index < -0.39 is 0 Å². The fourth-order valence-electron chi connectivity index (χ4n) is 2.31. The van der Waals surface area contributed by atoms with Crippen molar-refractivity contribution in [2.24, 2.45) is 0 Å². The van der Waals surface area contributed by atoms with Crippen LogP contribution in [-0.4, -0.2) is 22.8 Å². The van der Waals surface area contributed by atoms with Gasteiger partial charge in [0.15, 0.2) is 10.8 Å². The molecule has 2 aromatic heterocycles. The molecule has 0 N–H and O–H groups in total. The van der Waals surface area contributed by atoms with E-state index >= 15 is 0 Å². The minimum Gasteiger partial charge on any atom is -0.462 e. The summed E-state index contributed by atoms with van der Waals surface area (Å²) in [6, 6.07) is 12.9. The second-order valence-electron chi connectivity index (χ2n) is 5.37. The Morgan fingerprint density at radius 1 is 1.33 bits per heavy atom. The molecule has 0 aliphatic heterocycles. The first kappa shape index (κ1) is 16.0. The first-order valence-corrected chi connectivity index (χ1v) is 8.16. The number of carbonyl (C=O) groups is 1. The summed E-state index contributed by atoms with van der Waals surface area (Å²) in [6.07, 6.45) is 1.59. The largest absolute Gasteiger partial charge is 0.462 e. The van der Waals surface area contributed by atoms with E-state index in [-0.39, 0.29) is 5.91 Å². The van der Waals surface area contributed by atoms with E-state index in [9.17, 15) is 4.79 Å². The van der Waals surface area contributed by atoms with Crippen molar-refractivity contribution >= 4 is 17.2 Å². The molecule has 1 aromatic carbocycles. The van der Waals surface area contributed by atoms with Crippen LogP contribution in [-0.2, 0) is 6.54 Å².